The van der Waals surface area contributed by atoms with Gasteiger partial charge in [0.2, 0.25) is 5.95 Å². The Bertz CT molecular complexity index is 268. The molecule has 0 saturated heterocycles. The molecule has 0 fully saturated rings. The van der Waals surface area contributed by atoms with E-state index in [2.05, 4.69) is 12.2 Å². The minimum absolute atomic E-state index is 0.189. The molecule has 1 heterocycles. The number of hydrogen-bond donors (Lipinski definition) is 1. The number of nitrogens with one attached hydrogen (secondary N) is 1. The third kappa shape index (κ3) is 1.32. The summed E-state index contributed by atoms with van der Waals surface area (Å²) < 4.78 is 24.3. The summed E-state index contributed by atoms with van der Waals surface area (Å²) in [6.45, 7) is 0. The van der Waals surface area contributed by atoms with Gasteiger partial charge in [-0.15, -0.1) is 0 Å². The van der Waals surface area contributed by atoms with Crippen molar-refractivity contribution in [2.24, 2.45) is 0 Å². The average molecular weight is 147 g/mol. The highest BCUT2D eigenvalue weighted by atomic mass is 32.1. The van der Waals surface area contributed by atoms with Crippen molar-refractivity contribution in [3.63, 3.8) is 0 Å². The Balaban J connectivity index is 3.34. The van der Waals surface area contributed by atoms with E-state index in [1.165, 1.54) is 6.07 Å². The van der Waals surface area contributed by atoms with Gasteiger partial charge in [-0.1, -0.05) is 12.2 Å². The summed E-state index contributed by atoms with van der Waals surface area (Å²) >= 11 is 4.50. The predicted molar refractivity (Wildman–Crippen MR) is 31.5 cm³/mol. The summed E-state index contributed by atoms with van der Waals surface area (Å²) in [4.78, 5) is 2.01. The van der Waals surface area contributed by atoms with Gasteiger partial charge < -0.3 is 4.98 Å². The summed E-state index contributed by atoms with van der Waals surface area (Å²) in [5, 5.41) is 0. The van der Waals surface area contributed by atoms with E-state index in [1.54, 1.807) is 0 Å². The third-order valence-electron chi connectivity index (χ3n) is 0.824. The normalized spacial score (nSPS) is 9.56. The standard InChI is InChI=1S/C5H3F2NS/c6-3-1-2-4(9)8-5(3)7/h1-2H,(H,8,9). The molecule has 1 aromatic heterocycles. The van der Waals surface area contributed by atoms with Gasteiger partial charge in [0.25, 0.3) is 0 Å². The van der Waals surface area contributed by atoms with Gasteiger partial charge in [0, 0.05) is 0 Å². The zero-order valence-corrected chi connectivity index (χ0v) is 5.14. The quantitative estimate of drug-likeness (QED) is 0.438. The molecule has 1 rings (SSSR count). The number of pyridine rings is 1. The fraction of sp³-hybridized carbons (Fsp3) is 0. The van der Waals surface area contributed by atoms with Gasteiger partial charge in [-0.05, 0) is 12.1 Å². The molecule has 0 bridgehead atoms. The molecule has 0 unspecified atom stereocenters. The molecule has 0 atom stereocenters. The Morgan fingerprint density at radius 2 is 2.00 bits per heavy atom. The molecular weight excluding hydrogens is 144 g/mol. The molecule has 1 aromatic rings. The Hall–Kier alpha value is -0.770. The van der Waals surface area contributed by atoms with Crippen molar-refractivity contribution in [1.29, 1.82) is 0 Å². The number of aromatic nitrogens is 1. The van der Waals surface area contributed by atoms with E-state index in [0.717, 1.165) is 6.07 Å². The molecule has 0 amide bonds. The number of rotatable bonds is 0. The average Bonchev–Trinajstić information content (AvgIpc) is 1.80. The van der Waals surface area contributed by atoms with E-state index in [1.807, 2.05) is 4.98 Å². The highest BCUT2D eigenvalue weighted by Gasteiger charge is 1.96. The summed E-state index contributed by atoms with van der Waals surface area (Å²) in [7, 11) is 0. The topological polar surface area (TPSA) is 15.8 Å². The summed E-state index contributed by atoms with van der Waals surface area (Å²) in [6, 6.07) is 2.27. The van der Waals surface area contributed by atoms with Gasteiger partial charge in [-0.3, -0.25) is 0 Å². The fourth-order valence-electron chi connectivity index (χ4n) is 0.432. The van der Waals surface area contributed by atoms with Crippen LogP contribution in [0.4, 0.5) is 8.78 Å². The van der Waals surface area contributed by atoms with Crippen LogP contribution in [0.2, 0.25) is 0 Å². The van der Waals surface area contributed by atoms with Crippen LogP contribution in [0.15, 0.2) is 12.1 Å². The second-order valence-electron chi connectivity index (χ2n) is 1.48. The van der Waals surface area contributed by atoms with Crippen molar-refractivity contribution in [2.45, 2.75) is 0 Å². The fourth-order valence-corrected chi connectivity index (χ4v) is 0.589. The molecule has 0 aliphatic carbocycles. The molecule has 0 aliphatic rings. The lowest BCUT2D eigenvalue weighted by molar-refractivity contribution is 0.478. The van der Waals surface area contributed by atoms with Crippen LogP contribution in [0.25, 0.3) is 0 Å². The zero-order chi connectivity index (χ0) is 6.85. The first-order chi connectivity index (χ1) is 4.20. The van der Waals surface area contributed by atoms with E-state index >= 15 is 0 Å². The van der Waals surface area contributed by atoms with Crippen LogP contribution in [-0.2, 0) is 0 Å². The predicted octanol–water partition coefficient (Wildman–Crippen LogP) is 2.02. The lowest BCUT2D eigenvalue weighted by Crippen LogP contribution is -1.86. The molecule has 0 radical (unpaired) electrons. The van der Waals surface area contributed by atoms with Gasteiger partial charge in [-0.2, -0.15) is 4.39 Å². The molecule has 1 N–H and O–H groups in total. The first kappa shape index (κ1) is 6.35. The summed E-state index contributed by atoms with van der Waals surface area (Å²) in [5.74, 6) is -1.92. The molecule has 0 spiro atoms. The van der Waals surface area contributed by atoms with Crippen molar-refractivity contribution in [1.82, 2.24) is 4.98 Å². The van der Waals surface area contributed by atoms with Crippen LogP contribution in [0, 0.1) is 16.4 Å². The number of hydrogen-bond acceptors (Lipinski definition) is 1. The zero-order valence-electron chi connectivity index (χ0n) is 4.32. The number of aromatic amines is 1. The molecular formula is C5H3F2NS. The van der Waals surface area contributed by atoms with Crippen LogP contribution in [0.1, 0.15) is 0 Å². The van der Waals surface area contributed by atoms with E-state index in [0.29, 0.717) is 0 Å². The summed E-state index contributed by atoms with van der Waals surface area (Å²) in [6.07, 6.45) is 0. The molecule has 0 aromatic carbocycles. The van der Waals surface area contributed by atoms with Crippen molar-refractivity contribution < 1.29 is 8.78 Å². The Morgan fingerprint density at radius 1 is 1.33 bits per heavy atom. The van der Waals surface area contributed by atoms with Gasteiger partial charge in [0.05, 0.1) is 0 Å². The third-order valence-corrected chi connectivity index (χ3v) is 1.06. The Morgan fingerprint density at radius 3 is 2.44 bits per heavy atom. The van der Waals surface area contributed by atoms with Crippen LogP contribution in [0.3, 0.4) is 0 Å². The van der Waals surface area contributed by atoms with E-state index < -0.39 is 11.8 Å². The van der Waals surface area contributed by atoms with Crippen LogP contribution in [-0.4, -0.2) is 4.98 Å². The largest absolute Gasteiger partial charge is 0.321 e. The first-order valence-electron chi connectivity index (χ1n) is 2.24. The van der Waals surface area contributed by atoms with Crippen molar-refractivity contribution in [3.8, 4) is 0 Å². The maximum atomic E-state index is 12.1. The van der Waals surface area contributed by atoms with E-state index in [9.17, 15) is 8.78 Å². The van der Waals surface area contributed by atoms with E-state index in [4.69, 9.17) is 0 Å². The first-order valence-corrected chi connectivity index (χ1v) is 2.65. The smallest absolute Gasteiger partial charge is 0.228 e. The van der Waals surface area contributed by atoms with Gasteiger partial charge >= 0.3 is 0 Å². The van der Waals surface area contributed by atoms with Crippen molar-refractivity contribution in [3.05, 3.63) is 28.5 Å². The molecule has 0 aliphatic heterocycles. The second kappa shape index (κ2) is 2.23. The monoisotopic (exact) mass is 147 g/mol. The maximum Gasteiger partial charge on any atom is 0.228 e. The SMILES string of the molecule is Fc1ccc(=S)[nH]c1F. The van der Waals surface area contributed by atoms with Gasteiger partial charge in [-0.25, -0.2) is 4.39 Å². The molecule has 0 saturated carbocycles. The molecule has 48 valence electrons. The summed E-state index contributed by atoms with van der Waals surface area (Å²) in [5.41, 5.74) is 0. The molecule has 9 heavy (non-hydrogen) atoms. The van der Waals surface area contributed by atoms with Crippen molar-refractivity contribution >= 4 is 12.2 Å². The number of halogens is 2. The van der Waals surface area contributed by atoms with Crippen molar-refractivity contribution in [2.75, 3.05) is 0 Å². The Kier molecular flexibility index (Phi) is 1.57. The molecule has 4 heteroatoms. The highest BCUT2D eigenvalue weighted by molar-refractivity contribution is 7.71. The lowest BCUT2D eigenvalue weighted by atomic mass is 10.5. The highest BCUT2D eigenvalue weighted by Crippen LogP contribution is 1.99. The maximum absolute atomic E-state index is 12.1. The Labute approximate surface area is 55.3 Å². The van der Waals surface area contributed by atoms with Gasteiger partial charge in [0.1, 0.15) is 4.64 Å². The van der Waals surface area contributed by atoms with E-state index in [-0.39, 0.29) is 4.64 Å². The molecule has 1 nitrogen and oxygen atoms in total. The van der Waals surface area contributed by atoms with Gasteiger partial charge in [0.15, 0.2) is 5.82 Å². The second-order valence-corrected chi connectivity index (χ2v) is 1.92. The van der Waals surface area contributed by atoms with Crippen LogP contribution in [0.5, 0.6) is 0 Å². The minimum atomic E-state index is -1.01. The lowest BCUT2D eigenvalue weighted by Gasteiger charge is -1.88. The van der Waals surface area contributed by atoms with Crippen LogP contribution >= 0.6 is 12.2 Å². The van der Waals surface area contributed by atoms with Crippen LogP contribution < -0.4 is 0 Å². The number of H-pyrrole nitrogens is 1. The minimum Gasteiger partial charge on any atom is -0.321 e.